The van der Waals surface area contributed by atoms with Crippen LogP contribution in [0.15, 0.2) is 48.7 Å². The molecule has 0 radical (unpaired) electrons. The molecule has 3 aromatic rings. The first-order valence-corrected chi connectivity index (χ1v) is 12.2. The van der Waals surface area contributed by atoms with Gasteiger partial charge in [-0.2, -0.15) is 5.10 Å². The molecule has 0 fully saturated rings. The van der Waals surface area contributed by atoms with Gasteiger partial charge in [0, 0.05) is 55.3 Å². The summed E-state index contributed by atoms with van der Waals surface area (Å²) in [5.74, 6) is 7.83. The zero-order chi connectivity index (χ0) is 26.1. The van der Waals surface area contributed by atoms with Gasteiger partial charge in [-0.05, 0) is 62.1 Å². The van der Waals surface area contributed by atoms with Gasteiger partial charge < -0.3 is 20.1 Å². The number of rotatable bonds is 10. The molecule has 0 spiro atoms. The third-order valence-electron chi connectivity index (χ3n) is 5.49. The maximum atomic E-state index is 12.9. The van der Waals surface area contributed by atoms with E-state index in [1.807, 2.05) is 19.1 Å². The highest BCUT2D eigenvalue weighted by molar-refractivity contribution is 6.04. The molecule has 0 aliphatic carbocycles. The van der Waals surface area contributed by atoms with E-state index in [4.69, 9.17) is 9.47 Å². The number of benzene rings is 2. The lowest BCUT2D eigenvalue weighted by molar-refractivity contribution is 0.0917. The van der Waals surface area contributed by atoms with Crippen LogP contribution in [0.5, 0.6) is 5.75 Å². The van der Waals surface area contributed by atoms with Crippen LogP contribution in [0.1, 0.15) is 54.2 Å². The molecule has 0 unspecified atom stereocenters. The number of nitrogens with zero attached hydrogens (tertiary/aromatic N) is 2. The summed E-state index contributed by atoms with van der Waals surface area (Å²) in [5, 5.41) is 10.6. The monoisotopic (exact) mass is 488 g/mol. The molecule has 190 valence electrons. The van der Waals surface area contributed by atoms with Crippen LogP contribution in [0.2, 0.25) is 0 Å². The Morgan fingerprint density at radius 2 is 1.86 bits per heavy atom. The first kappa shape index (κ1) is 26.8. The molecule has 7 heteroatoms. The Balaban J connectivity index is 1.86. The molecule has 3 rings (SSSR count). The molecule has 1 aromatic heterocycles. The molecule has 0 saturated heterocycles. The van der Waals surface area contributed by atoms with Crippen molar-refractivity contribution in [3.63, 3.8) is 0 Å². The number of hydrogen-bond donors (Lipinski definition) is 2. The van der Waals surface area contributed by atoms with Gasteiger partial charge in [0.25, 0.3) is 5.91 Å². The van der Waals surface area contributed by atoms with Gasteiger partial charge in [0.15, 0.2) is 5.82 Å². The Morgan fingerprint density at radius 3 is 2.56 bits per heavy atom. The second-order valence-electron chi connectivity index (χ2n) is 9.35. The van der Waals surface area contributed by atoms with Crippen LogP contribution in [-0.2, 0) is 11.8 Å². The molecule has 0 aliphatic heterocycles. The van der Waals surface area contributed by atoms with Gasteiger partial charge >= 0.3 is 0 Å². The van der Waals surface area contributed by atoms with Crippen LogP contribution < -0.4 is 15.4 Å². The largest absolute Gasteiger partial charge is 0.488 e. The Kier molecular flexibility index (Phi) is 9.54. The first-order chi connectivity index (χ1) is 17.2. The van der Waals surface area contributed by atoms with Gasteiger partial charge in [0.05, 0.1) is 6.61 Å². The summed E-state index contributed by atoms with van der Waals surface area (Å²) in [4.78, 5) is 12.9. The van der Waals surface area contributed by atoms with E-state index in [0.717, 1.165) is 24.2 Å². The Morgan fingerprint density at radius 1 is 1.08 bits per heavy atom. The van der Waals surface area contributed by atoms with Crippen molar-refractivity contribution in [1.82, 2.24) is 9.78 Å². The third kappa shape index (κ3) is 8.17. The van der Waals surface area contributed by atoms with E-state index in [1.54, 1.807) is 43.2 Å². The number of aromatic nitrogens is 2. The molecule has 1 atom stereocenters. The average Bonchev–Trinajstić information content (AvgIpc) is 3.23. The highest BCUT2D eigenvalue weighted by atomic mass is 16.5. The molecule has 7 nitrogen and oxygen atoms in total. The van der Waals surface area contributed by atoms with Crippen LogP contribution in [0.4, 0.5) is 11.5 Å². The third-order valence-corrected chi connectivity index (χ3v) is 5.49. The summed E-state index contributed by atoms with van der Waals surface area (Å²) >= 11 is 0. The zero-order valence-corrected chi connectivity index (χ0v) is 22.0. The number of carbonyl (C=O) groups excluding carboxylic acids is 1. The molecule has 0 bridgehead atoms. The fourth-order valence-electron chi connectivity index (χ4n) is 3.57. The van der Waals surface area contributed by atoms with Gasteiger partial charge in [0.1, 0.15) is 11.9 Å². The minimum absolute atomic E-state index is 0.179. The summed E-state index contributed by atoms with van der Waals surface area (Å²) in [5.41, 5.74) is 4.28. The van der Waals surface area contributed by atoms with Crippen molar-refractivity contribution in [2.75, 3.05) is 30.9 Å². The number of carbonyl (C=O) groups is 1. The Bertz CT molecular complexity index is 1240. The van der Waals surface area contributed by atoms with E-state index < -0.39 is 0 Å². The molecular weight excluding hydrogens is 452 g/mol. The summed E-state index contributed by atoms with van der Waals surface area (Å²) in [6.07, 6.45) is 2.69. The van der Waals surface area contributed by atoms with Crippen molar-refractivity contribution in [2.24, 2.45) is 13.0 Å². The number of anilines is 2. The van der Waals surface area contributed by atoms with Crippen LogP contribution in [0.25, 0.3) is 0 Å². The van der Waals surface area contributed by atoms with E-state index in [0.29, 0.717) is 35.2 Å². The summed E-state index contributed by atoms with van der Waals surface area (Å²) < 4.78 is 12.8. The second-order valence-corrected chi connectivity index (χ2v) is 9.35. The van der Waals surface area contributed by atoms with E-state index in [2.05, 4.69) is 60.5 Å². The highest BCUT2D eigenvalue weighted by Crippen LogP contribution is 2.21. The fourth-order valence-corrected chi connectivity index (χ4v) is 3.57. The predicted molar refractivity (Wildman–Crippen MR) is 145 cm³/mol. The number of ether oxygens (including phenoxy) is 2. The lowest BCUT2D eigenvalue weighted by Crippen LogP contribution is -2.19. The number of methoxy groups -OCH3 is 1. The topological polar surface area (TPSA) is 77.4 Å². The van der Waals surface area contributed by atoms with Crippen molar-refractivity contribution in [3.05, 3.63) is 70.9 Å². The zero-order valence-electron chi connectivity index (χ0n) is 22.0. The molecule has 36 heavy (non-hydrogen) atoms. The van der Waals surface area contributed by atoms with Crippen molar-refractivity contribution in [3.8, 4) is 17.6 Å². The van der Waals surface area contributed by atoms with Gasteiger partial charge in [-0.15, -0.1) is 0 Å². The molecule has 1 heterocycles. The smallest absolute Gasteiger partial charge is 0.257 e. The number of aryl methyl sites for hydroxylation is 2. The highest BCUT2D eigenvalue weighted by Gasteiger charge is 2.13. The van der Waals surface area contributed by atoms with Gasteiger partial charge in [-0.3, -0.25) is 9.48 Å². The normalized spacial score (nSPS) is 11.5. The van der Waals surface area contributed by atoms with Gasteiger partial charge in [-0.1, -0.05) is 31.8 Å². The maximum absolute atomic E-state index is 12.9. The van der Waals surface area contributed by atoms with Gasteiger partial charge in [0.2, 0.25) is 0 Å². The SMILES string of the molecule is COC[C@H](C)Oc1cc(C#Cc2ccc(C)c(NCCC(C)C)c2)cc(C(=O)Nc2ccn(C)n2)c1. The number of hydrogen-bond acceptors (Lipinski definition) is 5. The van der Waals surface area contributed by atoms with Crippen molar-refractivity contribution in [2.45, 2.75) is 40.2 Å². The van der Waals surface area contributed by atoms with E-state index in [9.17, 15) is 4.79 Å². The van der Waals surface area contributed by atoms with Crippen molar-refractivity contribution in [1.29, 1.82) is 0 Å². The number of nitrogens with one attached hydrogen (secondary N) is 2. The molecular formula is C29H36N4O3. The van der Waals surface area contributed by atoms with Crippen molar-refractivity contribution >= 4 is 17.4 Å². The molecule has 0 saturated carbocycles. The minimum atomic E-state index is -0.284. The fraction of sp³-hybridized carbons (Fsp3) is 0.379. The number of amides is 1. The second kappa shape index (κ2) is 12.8. The summed E-state index contributed by atoms with van der Waals surface area (Å²) in [6.45, 7) is 9.79. The minimum Gasteiger partial charge on any atom is -0.488 e. The Labute approximate surface area is 214 Å². The van der Waals surface area contributed by atoms with Crippen LogP contribution in [0.3, 0.4) is 0 Å². The lowest BCUT2D eigenvalue weighted by Gasteiger charge is -2.15. The quantitative estimate of drug-likeness (QED) is 0.381. The van der Waals surface area contributed by atoms with E-state index in [-0.39, 0.29) is 12.0 Å². The Hall–Kier alpha value is -3.76. The van der Waals surface area contributed by atoms with Crippen LogP contribution >= 0.6 is 0 Å². The predicted octanol–water partition coefficient (Wildman–Crippen LogP) is 5.25. The summed E-state index contributed by atoms with van der Waals surface area (Å²) in [7, 11) is 3.42. The van der Waals surface area contributed by atoms with E-state index in [1.165, 1.54) is 5.56 Å². The average molecular weight is 489 g/mol. The summed E-state index contributed by atoms with van der Waals surface area (Å²) in [6, 6.07) is 13.2. The van der Waals surface area contributed by atoms with Crippen molar-refractivity contribution < 1.29 is 14.3 Å². The molecule has 2 aromatic carbocycles. The van der Waals surface area contributed by atoms with E-state index >= 15 is 0 Å². The molecule has 2 N–H and O–H groups in total. The molecule has 0 aliphatic rings. The van der Waals surface area contributed by atoms with Gasteiger partial charge in [-0.25, -0.2) is 0 Å². The van der Waals surface area contributed by atoms with Crippen LogP contribution in [0, 0.1) is 24.7 Å². The maximum Gasteiger partial charge on any atom is 0.257 e. The first-order valence-electron chi connectivity index (χ1n) is 12.2. The standard InChI is InChI=1S/C29H36N4O3/c1-20(2)11-13-30-27-17-23(8-7-21(27)3)9-10-24-15-25(18-26(16-24)36-22(4)19-35-6)29(34)31-28-12-14-33(5)32-28/h7-8,12,14-18,20,22,30H,11,13,19H2,1-6H3,(H,31,32,34)/t22-/m0/s1. The van der Waals surface area contributed by atoms with Crippen LogP contribution in [-0.4, -0.2) is 42.1 Å². The lowest BCUT2D eigenvalue weighted by atomic mass is 10.1. The molecule has 1 amide bonds.